The molecule has 1 aliphatic carbocycles. The predicted octanol–water partition coefficient (Wildman–Crippen LogP) is 3.96. The second kappa shape index (κ2) is 6.51. The molecule has 3 nitrogen and oxygen atoms in total. The van der Waals surface area contributed by atoms with Gasteiger partial charge < -0.3 is 5.32 Å². The van der Waals surface area contributed by atoms with Gasteiger partial charge in [0.25, 0.3) is 0 Å². The van der Waals surface area contributed by atoms with Crippen molar-refractivity contribution >= 4 is 0 Å². The Balaban J connectivity index is 2.13. The summed E-state index contributed by atoms with van der Waals surface area (Å²) in [5.41, 5.74) is 1.70. The fourth-order valence-electron chi connectivity index (χ4n) is 3.64. The smallest absolute Gasteiger partial charge is 0.0658 e. The van der Waals surface area contributed by atoms with Crippen molar-refractivity contribution in [2.45, 2.75) is 65.8 Å². The van der Waals surface area contributed by atoms with Gasteiger partial charge in [-0.05, 0) is 49.1 Å². The van der Waals surface area contributed by atoms with Crippen molar-refractivity contribution in [2.24, 2.45) is 24.3 Å². The first-order valence-corrected chi connectivity index (χ1v) is 8.50. The molecule has 1 aromatic heterocycles. The van der Waals surface area contributed by atoms with Gasteiger partial charge in [-0.2, -0.15) is 5.10 Å². The summed E-state index contributed by atoms with van der Waals surface area (Å²) >= 11 is 0. The Kier molecular flexibility index (Phi) is 5.13. The van der Waals surface area contributed by atoms with Gasteiger partial charge in [0.15, 0.2) is 0 Å². The molecule has 0 amide bonds. The highest BCUT2D eigenvalue weighted by atomic mass is 15.2. The second-order valence-electron chi connectivity index (χ2n) is 8.22. The first-order chi connectivity index (χ1) is 9.77. The van der Waals surface area contributed by atoms with Crippen molar-refractivity contribution in [3.05, 3.63) is 18.0 Å². The highest BCUT2D eigenvalue weighted by Gasteiger charge is 2.37. The minimum Gasteiger partial charge on any atom is -0.314 e. The largest absolute Gasteiger partial charge is 0.314 e. The maximum atomic E-state index is 4.72. The van der Waals surface area contributed by atoms with Crippen LogP contribution in [0.2, 0.25) is 0 Å². The molecule has 2 rings (SSSR count). The van der Waals surface area contributed by atoms with Crippen molar-refractivity contribution in [1.82, 2.24) is 15.1 Å². The SMILES string of the molecule is CC(C)NCC1CCC(C(C)(C)C)CC1c1ccn(C)n1. The van der Waals surface area contributed by atoms with Gasteiger partial charge >= 0.3 is 0 Å². The van der Waals surface area contributed by atoms with E-state index < -0.39 is 0 Å². The molecular formula is C18H33N3. The van der Waals surface area contributed by atoms with E-state index in [1.165, 1.54) is 25.0 Å². The molecule has 0 radical (unpaired) electrons. The maximum absolute atomic E-state index is 4.72. The third-order valence-electron chi connectivity index (χ3n) is 5.12. The summed E-state index contributed by atoms with van der Waals surface area (Å²) < 4.78 is 1.95. The van der Waals surface area contributed by atoms with Gasteiger partial charge in [-0.25, -0.2) is 0 Å². The maximum Gasteiger partial charge on any atom is 0.0658 e. The standard InChI is InChI=1S/C18H33N3/c1-13(2)19-12-14-7-8-15(18(3,4)5)11-16(14)17-9-10-21(6)20-17/h9-10,13-16,19H,7-8,11-12H2,1-6H3. The first kappa shape index (κ1) is 16.5. The predicted molar refractivity (Wildman–Crippen MR) is 89.4 cm³/mol. The molecule has 3 unspecified atom stereocenters. The quantitative estimate of drug-likeness (QED) is 0.910. The summed E-state index contributed by atoms with van der Waals surface area (Å²) in [5, 5.41) is 8.36. The fraction of sp³-hybridized carbons (Fsp3) is 0.833. The van der Waals surface area contributed by atoms with Crippen molar-refractivity contribution in [2.75, 3.05) is 6.54 Å². The fourth-order valence-corrected chi connectivity index (χ4v) is 3.64. The summed E-state index contributed by atoms with van der Waals surface area (Å²) in [4.78, 5) is 0. The zero-order valence-electron chi connectivity index (χ0n) is 14.7. The third-order valence-corrected chi connectivity index (χ3v) is 5.12. The Morgan fingerprint density at radius 2 is 2.05 bits per heavy atom. The number of aryl methyl sites for hydroxylation is 1. The lowest BCUT2D eigenvalue weighted by Gasteiger charge is -2.41. The molecule has 0 bridgehead atoms. The van der Waals surface area contributed by atoms with E-state index in [0.717, 1.165) is 18.4 Å². The van der Waals surface area contributed by atoms with Crippen molar-refractivity contribution < 1.29 is 0 Å². The Hall–Kier alpha value is -0.830. The molecule has 1 aromatic rings. The molecule has 1 fully saturated rings. The van der Waals surface area contributed by atoms with E-state index in [1.54, 1.807) is 0 Å². The number of nitrogens with one attached hydrogen (secondary N) is 1. The topological polar surface area (TPSA) is 29.9 Å². The van der Waals surface area contributed by atoms with Crippen LogP contribution in [-0.4, -0.2) is 22.4 Å². The summed E-state index contributed by atoms with van der Waals surface area (Å²) in [6, 6.07) is 2.78. The number of nitrogens with zero attached hydrogens (tertiary/aromatic N) is 2. The molecule has 1 saturated carbocycles. The van der Waals surface area contributed by atoms with Gasteiger partial charge in [0.1, 0.15) is 0 Å². The third kappa shape index (κ3) is 4.32. The highest BCUT2D eigenvalue weighted by Crippen LogP contribution is 2.46. The molecule has 3 atom stereocenters. The first-order valence-electron chi connectivity index (χ1n) is 8.50. The minimum absolute atomic E-state index is 0.406. The molecule has 3 heteroatoms. The normalized spacial score (nSPS) is 27.3. The van der Waals surface area contributed by atoms with Crippen molar-refractivity contribution in [1.29, 1.82) is 0 Å². The summed E-state index contributed by atoms with van der Waals surface area (Å²) in [7, 11) is 2.02. The summed E-state index contributed by atoms with van der Waals surface area (Å²) in [6.07, 6.45) is 6.05. The average Bonchev–Trinajstić information content (AvgIpc) is 2.81. The molecule has 0 aromatic carbocycles. The van der Waals surface area contributed by atoms with Crippen LogP contribution in [0.15, 0.2) is 12.3 Å². The van der Waals surface area contributed by atoms with Gasteiger partial charge in [0.05, 0.1) is 5.69 Å². The van der Waals surface area contributed by atoms with Gasteiger partial charge in [-0.3, -0.25) is 4.68 Å². The zero-order chi connectivity index (χ0) is 15.6. The summed E-state index contributed by atoms with van der Waals surface area (Å²) in [5.74, 6) is 2.14. The van der Waals surface area contributed by atoms with Crippen LogP contribution in [0, 0.1) is 17.3 Å². The molecule has 0 aliphatic heterocycles. The lowest BCUT2D eigenvalue weighted by molar-refractivity contribution is 0.127. The molecule has 0 spiro atoms. The van der Waals surface area contributed by atoms with Crippen molar-refractivity contribution in [3.63, 3.8) is 0 Å². The lowest BCUT2D eigenvalue weighted by Crippen LogP contribution is -2.37. The van der Waals surface area contributed by atoms with Crippen LogP contribution in [0.25, 0.3) is 0 Å². The van der Waals surface area contributed by atoms with Crippen LogP contribution in [0.1, 0.15) is 65.5 Å². The van der Waals surface area contributed by atoms with Crippen LogP contribution < -0.4 is 5.32 Å². The van der Waals surface area contributed by atoms with E-state index >= 15 is 0 Å². The van der Waals surface area contributed by atoms with Crippen LogP contribution in [0.5, 0.6) is 0 Å². The van der Waals surface area contributed by atoms with Crippen LogP contribution in [0.4, 0.5) is 0 Å². The highest BCUT2D eigenvalue weighted by molar-refractivity contribution is 5.11. The number of rotatable bonds is 4. The zero-order valence-corrected chi connectivity index (χ0v) is 14.7. The summed E-state index contributed by atoms with van der Waals surface area (Å²) in [6.45, 7) is 12.8. The molecule has 1 heterocycles. The lowest BCUT2D eigenvalue weighted by atomic mass is 9.65. The number of hydrogen-bond acceptors (Lipinski definition) is 2. The number of aromatic nitrogens is 2. The van der Waals surface area contributed by atoms with E-state index in [9.17, 15) is 0 Å². The van der Waals surface area contributed by atoms with Gasteiger partial charge in [-0.15, -0.1) is 0 Å². The van der Waals surface area contributed by atoms with E-state index in [2.05, 4.69) is 52.2 Å². The average molecular weight is 291 g/mol. The second-order valence-corrected chi connectivity index (χ2v) is 8.22. The van der Waals surface area contributed by atoms with E-state index in [4.69, 9.17) is 5.10 Å². The molecule has 21 heavy (non-hydrogen) atoms. The minimum atomic E-state index is 0.406. The van der Waals surface area contributed by atoms with Crippen LogP contribution >= 0.6 is 0 Å². The molecule has 1 aliphatic rings. The molecule has 120 valence electrons. The van der Waals surface area contributed by atoms with Crippen LogP contribution in [-0.2, 0) is 7.05 Å². The van der Waals surface area contributed by atoms with Gasteiger partial charge in [0, 0.05) is 25.2 Å². The van der Waals surface area contributed by atoms with Gasteiger partial charge in [0.2, 0.25) is 0 Å². The monoisotopic (exact) mass is 291 g/mol. The Bertz CT molecular complexity index is 442. The van der Waals surface area contributed by atoms with E-state index in [-0.39, 0.29) is 0 Å². The van der Waals surface area contributed by atoms with Gasteiger partial charge in [-0.1, -0.05) is 34.6 Å². The molecular weight excluding hydrogens is 258 g/mol. The molecule has 0 saturated heterocycles. The number of hydrogen-bond donors (Lipinski definition) is 1. The molecule has 1 N–H and O–H groups in total. The Morgan fingerprint density at radius 3 is 2.57 bits per heavy atom. The van der Waals surface area contributed by atoms with E-state index in [1.807, 2.05) is 11.7 Å². The van der Waals surface area contributed by atoms with E-state index in [0.29, 0.717) is 17.4 Å². The van der Waals surface area contributed by atoms with Crippen LogP contribution in [0.3, 0.4) is 0 Å². The van der Waals surface area contributed by atoms with Crippen molar-refractivity contribution in [3.8, 4) is 0 Å². The Labute approximate surface area is 130 Å². The Morgan fingerprint density at radius 1 is 1.33 bits per heavy atom.